The first kappa shape index (κ1) is 17.4. The summed E-state index contributed by atoms with van der Waals surface area (Å²) in [5.74, 6) is 0.989. The number of hydrogen-bond acceptors (Lipinski definition) is 5. The summed E-state index contributed by atoms with van der Waals surface area (Å²) >= 11 is 3.51. The van der Waals surface area contributed by atoms with Crippen molar-refractivity contribution in [3.8, 4) is 10.6 Å². The molecule has 1 aliphatic carbocycles. The van der Waals surface area contributed by atoms with E-state index in [1.165, 1.54) is 56.6 Å². The van der Waals surface area contributed by atoms with E-state index in [0.717, 1.165) is 23.5 Å². The molecule has 1 N–H and O–H groups in total. The molecule has 0 radical (unpaired) electrons. The number of thiazole rings is 1. The molecule has 23 heavy (non-hydrogen) atoms. The van der Waals surface area contributed by atoms with Crippen molar-refractivity contribution in [1.82, 2.24) is 15.2 Å². The van der Waals surface area contributed by atoms with Gasteiger partial charge in [0, 0.05) is 42.0 Å². The van der Waals surface area contributed by atoms with Gasteiger partial charge in [-0.25, -0.2) is 4.98 Å². The minimum absolute atomic E-state index is 0. The van der Waals surface area contributed by atoms with E-state index in [2.05, 4.69) is 32.4 Å². The molecule has 1 saturated heterocycles. The molecule has 0 unspecified atom stereocenters. The molecule has 0 amide bonds. The number of piperidine rings is 1. The van der Waals surface area contributed by atoms with Crippen molar-refractivity contribution in [2.24, 2.45) is 5.92 Å². The molecule has 1 saturated carbocycles. The number of likely N-dealkylation sites (tertiary alicyclic amines) is 1. The Morgan fingerprint density at radius 2 is 2.00 bits per heavy atom. The Balaban J connectivity index is 0.00000156. The largest absolute Gasteiger partial charge is 0.314 e. The van der Waals surface area contributed by atoms with Gasteiger partial charge in [0.25, 0.3) is 0 Å². The van der Waals surface area contributed by atoms with Crippen LogP contribution in [0.3, 0.4) is 0 Å². The van der Waals surface area contributed by atoms with Crippen LogP contribution in [0.4, 0.5) is 0 Å². The van der Waals surface area contributed by atoms with Gasteiger partial charge in [0.15, 0.2) is 0 Å². The zero-order valence-electron chi connectivity index (χ0n) is 13.2. The summed E-state index contributed by atoms with van der Waals surface area (Å²) < 4.78 is 0. The van der Waals surface area contributed by atoms with Gasteiger partial charge < -0.3 is 5.32 Å². The highest BCUT2D eigenvalue weighted by Gasteiger charge is 2.24. The van der Waals surface area contributed by atoms with Crippen LogP contribution in [0.5, 0.6) is 0 Å². The summed E-state index contributed by atoms with van der Waals surface area (Å²) in [6, 6.07) is 2.90. The van der Waals surface area contributed by atoms with Crippen molar-refractivity contribution in [1.29, 1.82) is 0 Å². The van der Waals surface area contributed by atoms with Crippen LogP contribution in [0, 0.1) is 5.92 Å². The lowest BCUT2D eigenvalue weighted by Gasteiger charge is -2.32. The quantitative estimate of drug-likeness (QED) is 0.824. The van der Waals surface area contributed by atoms with Crippen LogP contribution in [0.2, 0.25) is 0 Å². The molecule has 2 aliphatic rings. The van der Waals surface area contributed by atoms with Crippen molar-refractivity contribution in [3.63, 3.8) is 0 Å². The third kappa shape index (κ3) is 4.77. The Kier molecular flexibility index (Phi) is 6.10. The predicted octanol–water partition coefficient (Wildman–Crippen LogP) is 4.26. The topological polar surface area (TPSA) is 28.2 Å². The minimum atomic E-state index is 0. The van der Waals surface area contributed by atoms with Gasteiger partial charge in [-0.15, -0.1) is 23.7 Å². The number of rotatable bonds is 6. The number of nitrogens with zero attached hydrogens (tertiary/aromatic N) is 2. The van der Waals surface area contributed by atoms with Crippen LogP contribution in [0.25, 0.3) is 10.6 Å². The van der Waals surface area contributed by atoms with E-state index in [9.17, 15) is 0 Å². The van der Waals surface area contributed by atoms with Gasteiger partial charge in [0.1, 0.15) is 5.01 Å². The van der Waals surface area contributed by atoms with Gasteiger partial charge in [0.2, 0.25) is 0 Å². The lowest BCUT2D eigenvalue weighted by Crippen LogP contribution is -2.42. The van der Waals surface area contributed by atoms with Crippen LogP contribution in [0.1, 0.15) is 31.4 Å². The third-order valence-corrected chi connectivity index (χ3v) is 6.31. The Hall–Kier alpha value is -0.460. The molecule has 0 aromatic carbocycles. The molecule has 1 aliphatic heterocycles. The lowest BCUT2D eigenvalue weighted by molar-refractivity contribution is 0.188. The number of aromatic nitrogens is 1. The number of halogens is 1. The standard InChI is InChI=1S/C17H23N3S2.ClH/c1-2-13(1)9-18-15-3-6-20(7-4-15)10-16-12-22-17(19-16)14-5-8-21-11-14;/h5,8,11-13,15,18H,1-4,6-7,9-10H2;1H. The van der Waals surface area contributed by atoms with E-state index in [1.54, 1.807) is 22.7 Å². The van der Waals surface area contributed by atoms with E-state index in [1.807, 2.05) is 0 Å². The molecular weight excluding hydrogens is 346 g/mol. The molecule has 2 aromatic heterocycles. The molecule has 0 bridgehead atoms. The molecule has 4 rings (SSSR count). The second-order valence-corrected chi connectivity index (χ2v) is 8.20. The first-order chi connectivity index (χ1) is 10.9. The summed E-state index contributed by atoms with van der Waals surface area (Å²) in [5, 5.41) is 11.4. The zero-order valence-corrected chi connectivity index (χ0v) is 15.7. The normalized spacial score (nSPS) is 19.7. The second-order valence-electron chi connectivity index (χ2n) is 6.56. The Labute approximate surface area is 152 Å². The lowest BCUT2D eigenvalue weighted by atomic mass is 10.0. The Morgan fingerprint density at radius 1 is 1.17 bits per heavy atom. The first-order valence-corrected chi connectivity index (χ1v) is 10.1. The first-order valence-electron chi connectivity index (χ1n) is 8.29. The van der Waals surface area contributed by atoms with E-state index < -0.39 is 0 Å². The summed E-state index contributed by atoms with van der Waals surface area (Å²) in [7, 11) is 0. The predicted molar refractivity (Wildman–Crippen MR) is 102 cm³/mol. The van der Waals surface area contributed by atoms with E-state index in [0.29, 0.717) is 0 Å². The maximum atomic E-state index is 4.80. The Bertz CT molecular complexity index is 587. The van der Waals surface area contributed by atoms with Gasteiger partial charge in [-0.3, -0.25) is 4.90 Å². The minimum Gasteiger partial charge on any atom is -0.314 e. The average Bonchev–Trinajstić information content (AvgIpc) is 3.01. The smallest absolute Gasteiger partial charge is 0.124 e. The van der Waals surface area contributed by atoms with Gasteiger partial charge in [-0.1, -0.05) is 0 Å². The van der Waals surface area contributed by atoms with Crippen LogP contribution >= 0.6 is 35.1 Å². The third-order valence-electron chi connectivity index (χ3n) is 4.69. The summed E-state index contributed by atoms with van der Waals surface area (Å²) in [5.41, 5.74) is 2.50. The van der Waals surface area contributed by atoms with Crippen molar-refractivity contribution >= 4 is 35.1 Å². The average molecular weight is 370 g/mol. The maximum absolute atomic E-state index is 4.80. The molecule has 3 nitrogen and oxygen atoms in total. The Morgan fingerprint density at radius 3 is 2.70 bits per heavy atom. The number of nitrogens with one attached hydrogen (secondary N) is 1. The number of hydrogen-bond donors (Lipinski definition) is 1. The van der Waals surface area contributed by atoms with E-state index >= 15 is 0 Å². The highest BCUT2D eigenvalue weighted by molar-refractivity contribution is 7.14. The van der Waals surface area contributed by atoms with Gasteiger partial charge in [0.05, 0.1) is 5.69 Å². The van der Waals surface area contributed by atoms with Crippen molar-refractivity contribution < 1.29 is 0 Å². The molecule has 0 spiro atoms. The molecule has 6 heteroatoms. The van der Waals surface area contributed by atoms with Crippen molar-refractivity contribution in [3.05, 3.63) is 27.9 Å². The summed E-state index contributed by atoms with van der Waals surface area (Å²) in [6.07, 6.45) is 5.47. The van der Waals surface area contributed by atoms with Crippen LogP contribution in [-0.4, -0.2) is 35.6 Å². The van der Waals surface area contributed by atoms with Crippen LogP contribution in [0.15, 0.2) is 22.2 Å². The van der Waals surface area contributed by atoms with Crippen LogP contribution in [-0.2, 0) is 6.54 Å². The zero-order chi connectivity index (χ0) is 14.8. The summed E-state index contributed by atoms with van der Waals surface area (Å²) in [4.78, 5) is 7.36. The van der Waals surface area contributed by atoms with Crippen molar-refractivity contribution in [2.45, 2.75) is 38.3 Å². The monoisotopic (exact) mass is 369 g/mol. The molecule has 3 heterocycles. The second kappa shape index (κ2) is 8.08. The van der Waals surface area contributed by atoms with Gasteiger partial charge >= 0.3 is 0 Å². The highest BCUT2D eigenvalue weighted by Crippen LogP contribution is 2.28. The molecular formula is C17H24ClN3S2. The fraction of sp³-hybridized carbons (Fsp3) is 0.588. The molecule has 2 aromatic rings. The van der Waals surface area contributed by atoms with Gasteiger partial charge in [-0.2, -0.15) is 11.3 Å². The van der Waals surface area contributed by atoms with E-state index in [4.69, 9.17) is 4.98 Å². The van der Waals surface area contributed by atoms with Crippen LogP contribution < -0.4 is 5.32 Å². The highest BCUT2D eigenvalue weighted by atomic mass is 35.5. The fourth-order valence-electron chi connectivity index (χ4n) is 3.08. The van der Waals surface area contributed by atoms with E-state index in [-0.39, 0.29) is 12.4 Å². The molecule has 2 fully saturated rings. The fourth-order valence-corrected chi connectivity index (χ4v) is 4.60. The van der Waals surface area contributed by atoms with Gasteiger partial charge in [-0.05, 0) is 49.6 Å². The maximum Gasteiger partial charge on any atom is 0.124 e. The SMILES string of the molecule is Cl.c1cc(-c2nc(CN3CCC(NCC4CC4)CC3)cs2)cs1. The molecule has 126 valence electrons. The number of thiophene rings is 1. The summed E-state index contributed by atoms with van der Waals surface area (Å²) in [6.45, 7) is 4.66. The molecule has 0 atom stereocenters. The van der Waals surface area contributed by atoms with Crippen molar-refractivity contribution in [2.75, 3.05) is 19.6 Å².